The van der Waals surface area contributed by atoms with Crippen LogP contribution < -0.4 is 0 Å². The summed E-state index contributed by atoms with van der Waals surface area (Å²) in [6.45, 7) is 0.340. The second-order valence-corrected chi connectivity index (χ2v) is 7.89. The summed E-state index contributed by atoms with van der Waals surface area (Å²) in [4.78, 5) is 14.0. The van der Waals surface area contributed by atoms with E-state index in [0.29, 0.717) is 6.54 Å². The van der Waals surface area contributed by atoms with E-state index in [0.717, 1.165) is 21.9 Å². The number of hydrogen-bond donors (Lipinski definition) is 1. The topological polar surface area (TPSA) is 77.9 Å². The first-order valence-electron chi connectivity index (χ1n) is 7.25. The number of benzene rings is 1. The predicted molar refractivity (Wildman–Crippen MR) is 83.8 cm³/mol. The second kappa shape index (κ2) is 6.76. The summed E-state index contributed by atoms with van der Waals surface area (Å²) in [5.41, 5.74) is 2.08. The Morgan fingerprint density at radius 2 is 2.05 bits per heavy atom. The molecule has 0 saturated carbocycles. The van der Waals surface area contributed by atoms with Gasteiger partial charge in [0, 0.05) is 27.1 Å². The van der Waals surface area contributed by atoms with Gasteiger partial charge < -0.3 is 10.0 Å². The molecule has 1 aromatic rings. The fraction of sp³-hybridized carbons (Fsp3) is 0.533. The summed E-state index contributed by atoms with van der Waals surface area (Å²) in [5, 5.41) is 9.65. The van der Waals surface area contributed by atoms with E-state index in [4.69, 9.17) is 0 Å². The van der Waals surface area contributed by atoms with E-state index in [1.54, 1.807) is 4.90 Å². The number of carbonyl (C=O) groups is 1. The molecule has 0 bridgehead atoms. The molecule has 1 atom stereocenters. The van der Waals surface area contributed by atoms with Crippen molar-refractivity contribution in [3.05, 3.63) is 35.4 Å². The molecule has 1 aromatic carbocycles. The van der Waals surface area contributed by atoms with Crippen LogP contribution in [0.5, 0.6) is 0 Å². The Morgan fingerprint density at radius 3 is 2.68 bits per heavy atom. The number of hydrogen-bond acceptors (Lipinski definition) is 4. The van der Waals surface area contributed by atoms with Crippen LogP contribution in [0.3, 0.4) is 0 Å². The first-order chi connectivity index (χ1) is 10.4. The maximum absolute atomic E-state index is 12.4. The Kier molecular flexibility index (Phi) is 5.20. The zero-order valence-electron chi connectivity index (χ0n) is 12.9. The number of fused-ring (bicyclic) bond motifs is 1. The van der Waals surface area contributed by atoms with Gasteiger partial charge in [0.25, 0.3) is 0 Å². The van der Waals surface area contributed by atoms with Crippen LogP contribution in [0.15, 0.2) is 24.3 Å². The molecule has 1 N–H and O–H groups in total. The number of carbonyl (C=O) groups excluding carboxylic acids is 1. The molecule has 0 radical (unpaired) electrons. The zero-order valence-corrected chi connectivity index (χ0v) is 13.7. The summed E-state index contributed by atoms with van der Waals surface area (Å²) in [6.07, 6.45) is 0.651. The Morgan fingerprint density at radius 1 is 1.36 bits per heavy atom. The molecule has 1 heterocycles. The first-order valence-corrected chi connectivity index (χ1v) is 8.86. The minimum Gasteiger partial charge on any atom is -0.394 e. The predicted octanol–water partition coefficient (Wildman–Crippen LogP) is 0.386. The van der Waals surface area contributed by atoms with Gasteiger partial charge in [-0.25, -0.2) is 12.7 Å². The lowest BCUT2D eigenvalue weighted by Gasteiger charge is -2.36. The number of sulfonamides is 1. The van der Waals surface area contributed by atoms with E-state index in [2.05, 4.69) is 0 Å². The summed E-state index contributed by atoms with van der Waals surface area (Å²) < 4.78 is 24.7. The van der Waals surface area contributed by atoms with Crippen molar-refractivity contribution < 1.29 is 18.3 Å². The van der Waals surface area contributed by atoms with Crippen molar-refractivity contribution in [2.75, 3.05) is 33.0 Å². The zero-order chi connectivity index (χ0) is 16.3. The third-order valence-electron chi connectivity index (χ3n) is 4.04. The van der Waals surface area contributed by atoms with E-state index in [1.807, 2.05) is 24.3 Å². The van der Waals surface area contributed by atoms with Gasteiger partial charge in [0.15, 0.2) is 0 Å². The molecule has 1 aliphatic heterocycles. The van der Waals surface area contributed by atoms with Crippen molar-refractivity contribution in [1.29, 1.82) is 0 Å². The van der Waals surface area contributed by atoms with Gasteiger partial charge in [-0.3, -0.25) is 4.79 Å². The standard InChI is InChI=1S/C15H22N2O4S/c1-16(2)22(20,21)10-8-15(19)17-9-7-12-5-3-4-6-13(12)14(17)11-18/h3-6,14,18H,7-11H2,1-2H3. The lowest BCUT2D eigenvalue weighted by Crippen LogP contribution is -2.42. The first kappa shape index (κ1) is 16.9. The van der Waals surface area contributed by atoms with E-state index in [-0.39, 0.29) is 30.7 Å². The molecule has 2 rings (SSSR count). The van der Waals surface area contributed by atoms with Crippen LogP contribution in [0, 0.1) is 0 Å². The van der Waals surface area contributed by atoms with Crippen molar-refractivity contribution in [2.24, 2.45) is 0 Å². The number of aliphatic hydroxyl groups excluding tert-OH is 1. The summed E-state index contributed by atoms with van der Waals surface area (Å²) >= 11 is 0. The smallest absolute Gasteiger partial charge is 0.224 e. The molecule has 6 nitrogen and oxygen atoms in total. The molecule has 0 fully saturated rings. The minimum absolute atomic E-state index is 0.0703. The quantitative estimate of drug-likeness (QED) is 0.849. The molecule has 1 amide bonds. The average Bonchev–Trinajstić information content (AvgIpc) is 2.51. The fourth-order valence-electron chi connectivity index (χ4n) is 2.69. The lowest BCUT2D eigenvalue weighted by atomic mass is 9.93. The van der Waals surface area contributed by atoms with Crippen LogP contribution in [0.1, 0.15) is 23.6 Å². The Hall–Kier alpha value is -1.44. The Balaban J connectivity index is 2.11. The Labute approximate surface area is 131 Å². The third-order valence-corrected chi connectivity index (χ3v) is 5.87. The number of nitrogens with zero attached hydrogens (tertiary/aromatic N) is 2. The van der Waals surface area contributed by atoms with E-state index in [1.165, 1.54) is 14.1 Å². The maximum Gasteiger partial charge on any atom is 0.224 e. The molecule has 7 heteroatoms. The maximum atomic E-state index is 12.4. The summed E-state index contributed by atoms with van der Waals surface area (Å²) in [5.74, 6) is -0.450. The summed E-state index contributed by atoms with van der Waals surface area (Å²) in [6, 6.07) is 7.34. The number of amides is 1. The summed E-state index contributed by atoms with van der Waals surface area (Å²) in [7, 11) is -0.490. The van der Waals surface area contributed by atoms with Gasteiger partial charge in [-0.15, -0.1) is 0 Å². The van der Waals surface area contributed by atoms with Gasteiger partial charge >= 0.3 is 0 Å². The molecule has 0 saturated heterocycles. The van der Waals surface area contributed by atoms with E-state index in [9.17, 15) is 18.3 Å². The molecule has 1 aliphatic rings. The number of rotatable bonds is 5. The molecule has 0 aliphatic carbocycles. The normalized spacial score (nSPS) is 18.4. The van der Waals surface area contributed by atoms with Crippen molar-refractivity contribution in [3.8, 4) is 0 Å². The highest BCUT2D eigenvalue weighted by Gasteiger charge is 2.30. The largest absolute Gasteiger partial charge is 0.394 e. The molecule has 122 valence electrons. The van der Waals surface area contributed by atoms with Crippen LogP contribution in [0.4, 0.5) is 0 Å². The van der Waals surface area contributed by atoms with Gasteiger partial charge in [-0.05, 0) is 17.5 Å². The molecular formula is C15H22N2O4S. The van der Waals surface area contributed by atoms with Gasteiger partial charge in [0.05, 0.1) is 18.4 Å². The third kappa shape index (κ3) is 3.48. The minimum atomic E-state index is -3.39. The monoisotopic (exact) mass is 326 g/mol. The van der Waals surface area contributed by atoms with Crippen molar-refractivity contribution >= 4 is 15.9 Å². The van der Waals surface area contributed by atoms with Gasteiger partial charge in [-0.1, -0.05) is 24.3 Å². The molecule has 0 aromatic heterocycles. The van der Waals surface area contributed by atoms with Gasteiger partial charge in [0.2, 0.25) is 15.9 Å². The highest BCUT2D eigenvalue weighted by Crippen LogP contribution is 2.29. The second-order valence-electron chi connectivity index (χ2n) is 5.58. The molecule has 1 unspecified atom stereocenters. The van der Waals surface area contributed by atoms with Crippen molar-refractivity contribution in [2.45, 2.75) is 18.9 Å². The molecule has 0 spiro atoms. The molecule has 22 heavy (non-hydrogen) atoms. The highest BCUT2D eigenvalue weighted by atomic mass is 32.2. The van der Waals surface area contributed by atoms with Crippen molar-refractivity contribution in [1.82, 2.24) is 9.21 Å². The highest BCUT2D eigenvalue weighted by molar-refractivity contribution is 7.89. The van der Waals surface area contributed by atoms with Crippen LogP contribution >= 0.6 is 0 Å². The SMILES string of the molecule is CN(C)S(=O)(=O)CCC(=O)N1CCc2ccccc2C1CO. The van der Waals surface area contributed by atoms with Crippen molar-refractivity contribution in [3.63, 3.8) is 0 Å². The number of aliphatic hydroxyl groups is 1. The van der Waals surface area contributed by atoms with E-state index < -0.39 is 10.0 Å². The average molecular weight is 326 g/mol. The van der Waals surface area contributed by atoms with Crippen LogP contribution in [-0.2, 0) is 21.2 Å². The van der Waals surface area contributed by atoms with E-state index >= 15 is 0 Å². The van der Waals surface area contributed by atoms with Crippen LogP contribution in [-0.4, -0.2) is 61.6 Å². The van der Waals surface area contributed by atoms with Gasteiger partial charge in [0.1, 0.15) is 0 Å². The Bertz CT molecular complexity index is 643. The van der Waals surface area contributed by atoms with Gasteiger partial charge in [-0.2, -0.15) is 0 Å². The lowest BCUT2D eigenvalue weighted by molar-refractivity contribution is -0.134. The van der Waals surface area contributed by atoms with Crippen LogP contribution in [0.2, 0.25) is 0 Å². The molecular weight excluding hydrogens is 304 g/mol. The fourth-order valence-corrected chi connectivity index (χ4v) is 3.49. The van der Waals surface area contributed by atoms with Crippen LogP contribution in [0.25, 0.3) is 0 Å².